The van der Waals surface area contributed by atoms with Gasteiger partial charge in [-0.1, -0.05) is 12.8 Å². The molecule has 2 saturated heterocycles. The molecule has 7 rings (SSSR count). The van der Waals surface area contributed by atoms with E-state index in [9.17, 15) is 18.3 Å². The molecular weight excluding hydrogens is 625 g/mol. The van der Waals surface area contributed by atoms with E-state index in [1.807, 2.05) is 7.05 Å². The van der Waals surface area contributed by atoms with Crippen molar-refractivity contribution in [1.82, 2.24) is 29.9 Å². The van der Waals surface area contributed by atoms with Crippen molar-refractivity contribution in [1.29, 1.82) is 0 Å². The van der Waals surface area contributed by atoms with Crippen LogP contribution in [0.25, 0.3) is 33.9 Å². The first-order chi connectivity index (χ1) is 23.1. The van der Waals surface area contributed by atoms with Gasteiger partial charge in [0.15, 0.2) is 11.5 Å². The summed E-state index contributed by atoms with van der Waals surface area (Å²) < 4.78 is 52.8. The normalized spacial score (nSPS) is 22.1. The largest absolute Gasteiger partial charge is 0.478 e. The molecular formula is C34H40F3N8O3. The number of aromatic amines is 1. The van der Waals surface area contributed by atoms with E-state index in [1.54, 1.807) is 32.5 Å². The van der Waals surface area contributed by atoms with Crippen molar-refractivity contribution >= 4 is 22.7 Å². The number of aromatic nitrogens is 6. The molecule has 3 aliphatic rings. The van der Waals surface area contributed by atoms with E-state index in [4.69, 9.17) is 29.4 Å². The maximum Gasteiger partial charge on any atom is 0.433 e. The summed E-state index contributed by atoms with van der Waals surface area (Å²) in [5.41, 5.74) is 1.63. The van der Waals surface area contributed by atoms with Crippen molar-refractivity contribution in [3.05, 3.63) is 36.3 Å². The molecule has 3 fully saturated rings. The average Bonchev–Trinajstić information content (AvgIpc) is 3.76. The van der Waals surface area contributed by atoms with Crippen LogP contribution in [0, 0.1) is 5.41 Å². The SMILES string of the molecule is CCOc1cc(-c2cc(N(C)CC3(COC)CCCC3)c3[nH]c(-c4cnc(N5[C@@H]6CC[C@H]5C[C@H]([O])C6)cn4)nc3n2)cc(C(F)(F)F)n1. The lowest BCUT2D eigenvalue weighted by Crippen LogP contribution is -2.44. The summed E-state index contributed by atoms with van der Waals surface area (Å²) in [6.07, 6.45) is 5.68. The third-order valence-electron chi connectivity index (χ3n) is 10.1. The maximum absolute atomic E-state index is 13.9. The van der Waals surface area contributed by atoms with Crippen molar-refractivity contribution in [3.8, 4) is 28.7 Å². The fraction of sp³-hybridized carbons (Fsp3) is 0.559. The highest BCUT2D eigenvalue weighted by Crippen LogP contribution is 2.42. The number of halogens is 3. The van der Waals surface area contributed by atoms with Crippen LogP contribution in [0.1, 0.15) is 64.0 Å². The number of H-pyrrole nitrogens is 1. The van der Waals surface area contributed by atoms with Crippen molar-refractivity contribution in [2.24, 2.45) is 5.41 Å². The maximum atomic E-state index is 13.9. The number of rotatable bonds is 10. The van der Waals surface area contributed by atoms with E-state index in [2.05, 4.69) is 19.8 Å². The smallest absolute Gasteiger partial charge is 0.433 e. The second kappa shape index (κ2) is 12.8. The number of alkyl halides is 3. The number of nitrogens with zero attached hydrogens (tertiary/aromatic N) is 7. The Balaban J connectivity index is 1.29. The van der Waals surface area contributed by atoms with E-state index in [1.165, 1.54) is 6.07 Å². The van der Waals surface area contributed by atoms with Crippen molar-refractivity contribution in [2.45, 2.75) is 82.7 Å². The number of hydrogen-bond acceptors (Lipinski definition) is 9. The third-order valence-corrected chi connectivity index (χ3v) is 10.1. The van der Waals surface area contributed by atoms with Crippen LogP contribution in [0.4, 0.5) is 24.7 Å². The van der Waals surface area contributed by atoms with Gasteiger partial charge in [0.25, 0.3) is 0 Å². The minimum atomic E-state index is -4.67. The number of methoxy groups -OCH3 is 1. The van der Waals surface area contributed by atoms with Gasteiger partial charge in [0.05, 0.1) is 43.1 Å². The number of anilines is 2. The Kier molecular flexibility index (Phi) is 8.65. The number of piperidine rings is 1. The molecule has 0 unspecified atom stereocenters. The summed E-state index contributed by atoms with van der Waals surface area (Å²) in [6.45, 7) is 3.15. The van der Waals surface area contributed by atoms with Crippen LogP contribution in [0.15, 0.2) is 30.6 Å². The molecule has 4 aromatic rings. The van der Waals surface area contributed by atoms with Crippen LogP contribution in [-0.2, 0) is 16.0 Å². The van der Waals surface area contributed by atoms with E-state index >= 15 is 0 Å². The lowest BCUT2D eigenvalue weighted by atomic mass is 9.86. The molecule has 0 spiro atoms. The molecule has 14 heteroatoms. The predicted molar refractivity (Wildman–Crippen MR) is 173 cm³/mol. The van der Waals surface area contributed by atoms with Gasteiger partial charge in [-0.2, -0.15) is 13.2 Å². The van der Waals surface area contributed by atoms with Crippen LogP contribution in [0.5, 0.6) is 5.88 Å². The Bertz CT molecular complexity index is 1750. The Morgan fingerprint density at radius 1 is 1.02 bits per heavy atom. The number of nitrogens with one attached hydrogen (secondary N) is 1. The number of hydrogen-bond donors (Lipinski definition) is 1. The summed E-state index contributed by atoms with van der Waals surface area (Å²) in [7, 11) is 3.69. The average molecular weight is 666 g/mol. The Morgan fingerprint density at radius 3 is 2.42 bits per heavy atom. The summed E-state index contributed by atoms with van der Waals surface area (Å²) in [5.74, 6) is 1.06. The van der Waals surface area contributed by atoms with Crippen LogP contribution in [0.2, 0.25) is 0 Å². The standard InChI is InChI=1S/C34H40F3N8O3/c1-4-48-29-12-20(11-27(41-29)34(35,36)37)24-15-26(44(2)18-33(19-47-3)9-5-6-10-33)30-32(40-24)43-31(42-30)25-16-39-28(17-38-25)45-21-7-8-22(45)14-23(46)13-21/h11-12,15-17,21-23H,4-10,13-14,18-19H2,1-3H3,(H,40,42,43)/t21-,22+,23-. The quantitative estimate of drug-likeness (QED) is 0.203. The van der Waals surface area contributed by atoms with E-state index in [-0.39, 0.29) is 35.5 Å². The molecule has 0 amide bonds. The molecule has 255 valence electrons. The molecule has 6 heterocycles. The van der Waals surface area contributed by atoms with Crippen LogP contribution in [-0.4, -0.2) is 82.0 Å². The first-order valence-corrected chi connectivity index (χ1v) is 16.7. The summed E-state index contributed by atoms with van der Waals surface area (Å²) in [5, 5.41) is 12.2. The van der Waals surface area contributed by atoms with Gasteiger partial charge in [0, 0.05) is 49.8 Å². The Hall–Kier alpha value is -4.04. The monoisotopic (exact) mass is 665 g/mol. The van der Waals surface area contributed by atoms with Crippen molar-refractivity contribution < 1.29 is 27.8 Å². The van der Waals surface area contributed by atoms with Gasteiger partial charge in [0.2, 0.25) is 5.88 Å². The molecule has 11 nitrogen and oxygen atoms in total. The Morgan fingerprint density at radius 2 is 1.77 bits per heavy atom. The predicted octanol–water partition coefficient (Wildman–Crippen LogP) is 6.47. The van der Waals surface area contributed by atoms with Crippen molar-refractivity contribution in [3.63, 3.8) is 0 Å². The molecule has 2 aliphatic heterocycles. The van der Waals surface area contributed by atoms with Gasteiger partial charge in [0.1, 0.15) is 22.7 Å². The minimum Gasteiger partial charge on any atom is -0.478 e. The second-order valence-corrected chi connectivity index (χ2v) is 13.5. The highest BCUT2D eigenvalue weighted by Gasteiger charge is 2.42. The van der Waals surface area contributed by atoms with E-state index in [0.717, 1.165) is 56.1 Å². The van der Waals surface area contributed by atoms with Gasteiger partial charge in [-0.15, -0.1) is 0 Å². The first kappa shape index (κ1) is 32.5. The topological polar surface area (TPSA) is 125 Å². The zero-order chi connectivity index (χ0) is 33.6. The molecule has 0 aromatic carbocycles. The molecule has 1 aliphatic carbocycles. The van der Waals surface area contributed by atoms with Gasteiger partial charge < -0.3 is 24.3 Å². The van der Waals surface area contributed by atoms with Crippen LogP contribution < -0.4 is 14.5 Å². The highest BCUT2D eigenvalue weighted by atomic mass is 19.4. The lowest BCUT2D eigenvalue weighted by molar-refractivity contribution is -0.141. The van der Waals surface area contributed by atoms with E-state index < -0.39 is 18.0 Å². The van der Waals surface area contributed by atoms with Gasteiger partial charge in [-0.05, 0) is 57.6 Å². The fourth-order valence-electron chi connectivity index (χ4n) is 8.01. The number of ether oxygens (including phenoxy) is 2. The van der Waals surface area contributed by atoms with Gasteiger partial charge >= 0.3 is 6.18 Å². The van der Waals surface area contributed by atoms with Gasteiger partial charge in [-0.25, -0.2) is 30.0 Å². The first-order valence-electron chi connectivity index (χ1n) is 16.7. The molecule has 3 atom stereocenters. The van der Waals surface area contributed by atoms with Crippen LogP contribution >= 0.6 is 0 Å². The summed E-state index contributed by atoms with van der Waals surface area (Å²) >= 11 is 0. The Labute approximate surface area is 276 Å². The number of fused-ring (bicyclic) bond motifs is 3. The number of imidazole rings is 1. The lowest BCUT2D eigenvalue weighted by Gasteiger charge is -2.37. The third kappa shape index (κ3) is 6.27. The van der Waals surface area contributed by atoms with Crippen molar-refractivity contribution in [2.75, 3.05) is 43.7 Å². The molecule has 2 bridgehead atoms. The zero-order valence-electron chi connectivity index (χ0n) is 27.4. The molecule has 1 saturated carbocycles. The van der Waals surface area contributed by atoms with Crippen LogP contribution in [0.3, 0.4) is 0 Å². The summed E-state index contributed by atoms with van der Waals surface area (Å²) in [6, 6.07) is 4.63. The van der Waals surface area contributed by atoms with E-state index in [0.29, 0.717) is 54.4 Å². The molecule has 1 radical (unpaired) electrons. The highest BCUT2D eigenvalue weighted by molar-refractivity contribution is 5.91. The zero-order valence-corrected chi connectivity index (χ0v) is 27.4. The number of pyridine rings is 2. The second-order valence-electron chi connectivity index (χ2n) is 13.5. The van der Waals surface area contributed by atoms with Gasteiger partial charge in [-0.3, -0.25) is 0 Å². The molecule has 4 aromatic heterocycles. The summed E-state index contributed by atoms with van der Waals surface area (Å²) in [4.78, 5) is 30.4. The molecule has 48 heavy (non-hydrogen) atoms. The molecule has 1 N–H and O–H groups in total. The fourth-order valence-corrected chi connectivity index (χ4v) is 8.01. The minimum absolute atomic E-state index is 0.0500.